The van der Waals surface area contributed by atoms with Gasteiger partial charge in [-0.2, -0.15) is 0 Å². The highest BCUT2D eigenvalue weighted by atomic mass is 32.2. The summed E-state index contributed by atoms with van der Waals surface area (Å²) in [6, 6.07) is 10.5. The average Bonchev–Trinajstić information content (AvgIpc) is 3.54. The van der Waals surface area contributed by atoms with E-state index >= 15 is 0 Å². The third-order valence-corrected chi connectivity index (χ3v) is 6.75. The Morgan fingerprint density at radius 1 is 1.24 bits per heavy atom. The molecular formula is C21H29N5O2S. The molecule has 1 saturated heterocycles. The monoisotopic (exact) mass is 415 g/mol. The van der Waals surface area contributed by atoms with Crippen molar-refractivity contribution in [1.82, 2.24) is 19.7 Å². The molecule has 0 radical (unpaired) electrons. The van der Waals surface area contributed by atoms with Crippen molar-refractivity contribution in [3.63, 3.8) is 0 Å². The van der Waals surface area contributed by atoms with Gasteiger partial charge in [0.05, 0.1) is 19.0 Å². The van der Waals surface area contributed by atoms with Gasteiger partial charge in [-0.05, 0) is 31.2 Å². The van der Waals surface area contributed by atoms with Crippen LogP contribution in [0.25, 0.3) is 0 Å². The van der Waals surface area contributed by atoms with E-state index in [2.05, 4.69) is 34.2 Å². The van der Waals surface area contributed by atoms with E-state index in [4.69, 9.17) is 4.74 Å². The van der Waals surface area contributed by atoms with Gasteiger partial charge >= 0.3 is 0 Å². The van der Waals surface area contributed by atoms with Crippen LogP contribution in [0.2, 0.25) is 0 Å². The first kappa shape index (κ1) is 20.2. The summed E-state index contributed by atoms with van der Waals surface area (Å²) in [7, 11) is 1.96. The Morgan fingerprint density at radius 2 is 1.97 bits per heavy atom. The Bertz CT molecular complexity index is 818. The van der Waals surface area contributed by atoms with Gasteiger partial charge in [0, 0.05) is 32.7 Å². The lowest BCUT2D eigenvalue weighted by molar-refractivity contribution is -0.131. The maximum Gasteiger partial charge on any atom is 0.233 e. The molecule has 0 N–H and O–H groups in total. The SMILES string of the molecule is CC(C1CC1)N(Cc1ccccc1)C(=O)CSc1nnc(N2CCOCC2)n1C. The maximum atomic E-state index is 13.1. The van der Waals surface area contributed by atoms with Crippen LogP contribution in [0.4, 0.5) is 5.95 Å². The molecule has 2 aromatic rings. The molecule has 8 heteroatoms. The van der Waals surface area contributed by atoms with Crippen LogP contribution < -0.4 is 4.90 Å². The summed E-state index contributed by atoms with van der Waals surface area (Å²) in [5, 5.41) is 9.44. The van der Waals surface area contributed by atoms with Gasteiger partial charge in [0.2, 0.25) is 11.9 Å². The van der Waals surface area contributed by atoms with Crippen molar-refractivity contribution in [2.45, 2.75) is 37.5 Å². The minimum Gasteiger partial charge on any atom is -0.378 e. The molecule has 0 spiro atoms. The highest BCUT2D eigenvalue weighted by Gasteiger charge is 2.34. The zero-order valence-electron chi connectivity index (χ0n) is 17.2. The van der Waals surface area contributed by atoms with Gasteiger partial charge < -0.3 is 14.5 Å². The number of amides is 1. The lowest BCUT2D eigenvalue weighted by Crippen LogP contribution is -2.40. The fourth-order valence-electron chi connectivity index (χ4n) is 3.75. The first-order chi connectivity index (χ1) is 14.1. The van der Waals surface area contributed by atoms with Crippen molar-refractivity contribution in [3.05, 3.63) is 35.9 Å². The zero-order chi connectivity index (χ0) is 20.2. The molecule has 29 heavy (non-hydrogen) atoms. The van der Waals surface area contributed by atoms with Crippen LogP contribution in [0.15, 0.2) is 35.5 Å². The predicted octanol–water partition coefficient (Wildman–Crippen LogP) is 2.57. The molecule has 1 saturated carbocycles. The third-order valence-electron chi connectivity index (χ3n) is 5.74. The second-order valence-electron chi connectivity index (χ2n) is 7.81. The van der Waals surface area contributed by atoms with E-state index in [-0.39, 0.29) is 11.9 Å². The van der Waals surface area contributed by atoms with Crippen molar-refractivity contribution >= 4 is 23.6 Å². The Morgan fingerprint density at radius 3 is 2.66 bits per heavy atom. The van der Waals surface area contributed by atoms with E-state index in [0.717, 1.165) is 24.2 Å². The Labute approximate surface area is 176 Å². The quantitative estimate of drug-likeness (QED) is 0.618. The second kappa shape index (κ2) is 9.17. The lowest BCUT2D eigenvalue weighted by Gasteiger charge is -2.29. The van der Waals surface area contributed by atoms with Crippen molar-refractivity contribution in [2.75, 3.05) is 37.0 Å². The van der Waals surface area contributed by atoms with Crippen molar-refractivity contribution in [2.24, 2.45) is 13.0 Å². The number of aromatic nitrogens is 3. The number of thioether (sulfide) groups is 1. The molecule has 1 aromatic heterocycles. The van der Waals surface area contributed by atoms with Crippen LogP contribution in [0.5, 0.6) is 0 Å². The van der Waals surface area contributed by atoms with Crippen LogP contribution in [-0.2, 0) is 23.1 Å². The molecule has 1 amide bonds. The molecule has 7 nitrogen and oxygen atoms in total. The molecule has 1 unspecified atom stereocenters. The summed E-state index contributed by atoms with van der Waals surface area (Å²) in [4.78, 5) is 17.4. The van der Waals surface area contributed by atoms with Crippen LogP contribution in [-0.4, -0.2) is 63.7 Å². The van der Waals surface area contributed by atoms with E-state index in [9.17, 15) is 4.79 Å². The van der Waals surface area contributed by atoms with Crippen LogP contribution in [0.1, 0.15) is 25.3 Å². The van der Waals surface area contributed by atoms with Gasteiger partial charge in [-0.3, -0.25) is 9.36 Å². The predicted molar refractivity (Wildman–Crippen MR) is 114 cm³/mol. The molecule has 156 valence electrons. The number of carbonyl (C=O) groups excluding carboxylic acids is 1. The number of anilines is 1. The summed E-state index contributed by atoms with van der Waals surface area (Å²) >= 11 is 1.47. The van der Waals surface area contributed by atoms with E-state index in [1.54, 1.807) is 0 Å². The summed E-state index contributed by atoms with van der Waals surface area (Å²) in [6.45, 7) is 5.90. The molecule has 2 heterocycles. The molecule has 1 aromatic carbocycles. The van der Waals surface area contributed by atoms with Crippen molar-refractivity contribution < 1.29 is 9.53 Å². The normalized spacial score (nSPS) is 17.9. The number of nitrogens with zero attached hydrogens (tertiary/aromatic N) is 5. The van der Waals surface area contributed by atoms with Gasteiger partial charge in [-0.1, -0.05) is 42.1 Å². The van der Waals surface area contributed by atoms with E-state index in [1.807, 2.05) is 34.7 Å². The van der Waals surface area contributed by atoms with Crippen molar-refractivity contribution in [1.29, 1.82) is 0 Å². The molecule has 4 rings (SSSR count). The number of hydrogen-bond acceptors (Lipinski definition) is 6. The summed E-state index contributed by atoms with van der Waals surface area (Å²) in [5.41, 5.74) is 1.17. The number of hydrogen-bond donors (Lipinski definition) is 0. The second-order valence-corrected chi connectivity index (χ2v) is 8.76. The summed E-state index contributed by atoms with van der Waals surface area (Å²) < 4.78 is 7.40. The molecule has 0 bridgehead atoms. The smallest absolute Gasteiger partial charge is 0.233 e. The molecular weight excluding hydrogens is 386 g/mol. The van der Waals surface area contributed by atoms with Crippen molar-refractivity contribution in [3.8, 4) is 0 Å². The molecule has 1 aliphatic carbocycles. The number of rotatable bonds is 8. The number of morpholine rings is 1. The van der Waals surface area contributed by atoms with Gasteiger partial charge in [-0.25, -0.2) is 0 Å². The third kappa shape index (κ3) is 4.93. The average molecular weight is 416 g/mol. The molecule has 2 aliphatic rings. The van der Waals surface area contributed by atoms with Crippen LogP contribution in [0.3, 0.4) is 0 Å². The molecule has 1 aliphatic heterocycles. The highest BCUT2D eigenvalue weighted by Crippen LogP contribution is 2.36. The first-order valence-corrected chi connectivity index (χ1v) is 11.3. The lowest BCUT2D eigenvalue weighted by atomic mass is 10.1. The Kier molecular flexibility index (Phi) is 6.40. The van der Waals surface area contributed by atoms with E-state index in [0.29, 0.717) is 31.4 Å². The van der Waals surface area contributed by atoms with Gasteiger partial charge in [0.25, 0.3) is 0 Å². The largest absolute Gasteiger partial charge is 0.378 e. The van der Waals surface area contributed by atoms with Gasteiger partial charge in [0.1, 0.15) is 0 Å². The molecule has 2 fully saturated rings. The van der Waals surface area contributed by atoms with E-state index < -0.39 is 0 Å². The minimum absolute atomic E-state index is 0.161. The number of benzene rings is 1. The zero-order valence-corrected chi connectivity index (χ0v) is 18.0. The first-order valence-electron chi connectivity index (χ1n) is 10.3. The Hall–Kier alpha value is -2.06. The maximum absolute atomic E-state index is 13.1. The Balaban J connectivity index is 1.40. The summed E-state index contributed by atoms with van der Waals surface area (Å²) in [6.07, 6.45) is 2.44. The fraction of sp³-hybridized carbons (Fsp3) is 0.571. The molecule has 1 atom stereocenters. The van der Waals surface area contributed by atoms with Crippen LogP contribution in [0, 0.1) is 5.92 Å². The summed E-state index contributed by atoms with van der Waals surface area (Å²) in [5.74, 6) is 2.01. The number of ether oxygens (including phenoxy) is 1. The van der Waals surface area contributed by atoms with Gasteiger partial charge in [0.15, 0.2) is 5.16 Å². The standard InChI is InChI=1S/C21H29N5O2S/c1-16(18-8-9-18)26(14-17-6-4-3-5-7-17)19(27)15-29-21-23-22-20(24(21)2)25-10-12-28-13-11-25/h3-7,16,18H,8-15H2,1-2H3. The van der Waals surface area contributed by atoms with Gasteiger partial charge in [-0.15, -0.1) is 10.2 Å². The van der Waals surface area contributed by atoms with E-state index in [1.165, 1.54) is 30.2 Å². The minimum atomic E-state index is 0.161. The number of carbonyl (C=O) groups is 1. The van der Waals surface area contributed by atoms with Crippen LogP contribution >= 0.6 is 11.8 Å². The highest BCUT2D eigenvalue weighted by molar-refractivity contribution is 7.99. The topological polar surface area (TPSA) is 63.5 Å². The fourth-order valence-corrected chi connectivity index (χ4v) is 4.55.